The number of halogens is 1. The molecule has 1 aliphatic heterocycles. The Balaban J connectivity index is 1.26. The van der Waals surface area contributed by atoms with Gasteiger partial charge in [-0.2, -0.15) is 0 Å². The van der Waals surface area contributed by atoms with Crippen LogP contribution in [0, 0.1) is 6.92 Å². The second kappa shape index (κ2) is 8.56. The van der Waals surface area contributed by atoms with E-state index in [4.69, 9.17) is 21.3 Å². The minimum atomic E-state index is -0.0151. The average Bonchev–Trinajstić information content (AvgIpc) is 3.21. The van der Waals surface area contributed by atoms with E-state index in [1.807, 2.05) is 19.1 Å². The molecule has 0 bridgehead atoms. The minimum Gasteiger partial charge on any atom is -0.495 e. The summed E-state index contributed by atoms with van der Waals surface area (Å²) in [4.78, 5) is 27.6. The smallest absolute Gasteiger partial charge is 0.251 e. The average molecular weight is 452 g/mol. The van der Waals surface area contributed by atoms with Crippen LogP contribution in [0.15, 0.2) is 41.3 Å². The van der Waals surface area contributed by atoms with Gasteiger partial charge in [-0.25, -0.2) is 4.98 Å². The van der Waals surface area contributed by atoms with Gasteiger partial charge >= 0.3 is 0 Å². The molecule has 1 aliphatic rings. The molecule has 4 heterocycles. The fourth-order valence-electron chi connectivity index (χ4n) is 4.52. The number of pyridine rings is 2. The third-order valence-electron chi connectivity index (χ3n) is 6.44. The largest absolute Gasteiger partial charge is 0.495 e. The Labute approximate surface area is 191 Å². The van der Waals surface area contributed by atoms with Crippen LogP contribution in [0.4, 0.5) is 0 Å². The first-order valence-corrected chi connectivity index (χ1v) is 11.3. The number of imidazole rings is 1. The predicted molar refractivity (Wildman–Crippen MR) is 127 cm³/mol. The number of rotatable bonds is 5. The molecule has 0 unspecified atom stereocenters. The van der Waals surface area contributed by atoms with Gasteiger partial charge in [0.2, 0.25) is 0 Å². The number of fused-ring (bicyclic) bond motifs is 2. The monoisotopic (exact) mass is 451 g/mol. The van der Waals surface area contributed by atoms with E-state index in [0.717, 1.165) is 71.0 Å². The summed E-state index contributed by atoms with van der Waals surface area (Å²) in [6.45, 7) is 5.40. The summed E-state index contributed by atoms with van der Waals surface area (Å²) in [5, 5.41) is 0.752. The fraction of sp³-hybridized carbons (Fsp3) is 0.375. The van der Waals surface area contributed by atoms with E-state index in [1.54, 1.807) is 30.0 Å². The van der Waals surface area contributed by atoms with Crippen LogP contribution in [0.2, 0.25) is 5.02 Å². The third-order valence-corrected chi connectivity index (χ3v) is 6.85. The Hall–Kier alpha value is -2.90. The summed E-state index contributed by atoms with van der Waals surface area (Å²) >= 11 is 6.26. The quantitative estimate of drug-likeness (QED) is 0.494. The van der Waals surface area contributed by atoms with Gasteiger partial charge in [-0.15, -0.1) is 0 Å². The second-order valence-electron chi connectivity index (χ2n) is 8.46. The number of aryl methyl sites for hydroxylation is 1. The number of aromatic amines is 1. The molecule has 1 N–H and O–H groups in total. The molecule has 1 aromatic carbocycles. The number of aromatic nitrogens is 4. The number of benzene rings is 1. The zero-order valence-corrected chi connectivity index (χ0v) is 19.0. The molecule has 7 nitrogen and oxygen atoms in total. The molecule has 0 radical (unpaired) electrons. The van der Waals surface area contributed by atoms with E-state index < -0.39 is 0 Å². The highest BCUT2D eigenvalue weighted by atomic mass is 35.5. The zero-order chi connectivity index (χ0) is 22.2. The van der Waals surface area contributed by atoms with Gasteiger partial charge in [0.15, 0.2) is 0 Å². The number of hydrogen-bond acceptors (Lipinski definition) is 5. The molecule has 0 spiro atoms. The maximum atomic E-state index is 12.5. The highest BCUT2D eigenvalue weighted by Gasteiger charge is 2.23. The van der Waals surface area contributed by atoms with Crippen molar-refractivity contribution < 1.29 is 4.74 Å². The Morgan fingerprint density at radius 2 is 1.97 bits per heavy atom. The maximum Gasteiger partial charge on any atom is 0.251 e. The van der Waals surface area contributed by atoms with Crippen LogP contribution in [0.5, 0.6) is 5.75 Å². The van der Waals surface area contributed by atoms with Crippen LogP contribution in [0.3, 0.4) is 0 Å². The lowest BCUT2D eigenvalue weighted by atomic mass is 9.96. The van der Waals surface area contributed by atoms with Crippen molar-refractivity contribution in [1.29, 1.82) is 0 Å². The normalized spacial score (nSPS) is 15.6. The molecule has 0 amide bonds. The fourth-order valence-corrected chi connectivity index (χ4v) is 4.67. The molecule has 0 atom stereocenters. The highest BCUT2D eigenvalue weighted by Crippen LogP contribution is 2.29. The van der Waals surface area contributed by atoms with Crippen molar-refractivity contribution in [1.82, 2.24) is 24.4 Å². The van der Waals surface area contributed by atoms with Crippen LogP contribution in [0.25, 0.3) is 22.1 Å². The van der Waals surface area contributed by atoms with E-state index in [-0.39, 0.29) is 5.56 Å². The van der Waals surface area contributed by atoms with Crippen molar-refractivity contribution in [2.45, 2.75) is 32.2 Å². The highest BCUT2D eigenvalue weighted by molar-refractivity contribution is 6.32. The van der Waals surface area contributed by atoms with Crippen LogP contribution in [-0.4, -0.2) is 51.2 Å². The molecule has 3 aromatic heterocycles. The Bertz CT molecular complexity index is 1300. The number of H-pyrrole nitrogens is 1. The molecule has 5 rings (SSSR count). The summed E-state index contributed by atoms with van der Waals surface area (Å²) < 4.78 is 7.09. The molecule has 166 valence electrons. The maximum absolute atomic E-state index is 12.5. The van der Waals surface area contributed by atoms with Gasteiger partial charge in [-0.05, 0) is 56.6 Å². The second-order valence-corrected chi connectivity index (χ2v) is 8.87. The Morgan fingerprint density at radius 1 is 1.16 bits per heavy atom. The van der Waals surface area contributed by atoms with Crippen LogP contribution in [0.1, 0.15) is 30.1 Å². The van der Waals surface area contributed by atoms with Gasteiger partial charge in [-0.1, -0.05) is 11.6 Å². The van der Waals surface area contributed by atoms with E-state index in [0.29, 0.717) is 18.2 Å². The van der Waals surface area contributed by atoms with Gasteiger partial charge in [0, 0.05) is 36.2 Å². The lowest BCUT2D eigenvalue weighted by Crippen LogP contribution is -2.37. The summed E-state index contributed by atoms with van der Waals surface area (Å²) in [6.07, 6.45) is 3.74. The molecular formula is C24H26ClN5O2. The molecule has 0 saturated carbocycles. The summed E-state index contributed by atoms with van der Waals surface area (Å²) in [5.41, 5.74) is 4.62. The van der Waals surface area contributed by atoms with Gasteiger partial charge in [0.1, 0.15) is 11.6 Å². The number of piperidine rings is 1. The molecule has 32 heavy (non-hydrogen) atoms. The van der Waals surface area contributed by atoms with Crippen LogP contribution in [-0.2, 0) is 6.54 Å². The van der Waals surface area contributed by atoms with Gasteiger partial charge in [0.05, 0.1) is 35.4 Å². The van der Waals surface area contributed by atoms with Crippen molar-refractivity contribution in [2.75, 3.05) is 26.7 Å². The Kier molecular flexibility index (Phi) is 5.61. The van der Waals surface area contributed by atoms with Gasteiger partial charge in [0.25, 0.3) is 5.56 Å². The lowest BCUT2D eigenvalue weighted by molar-refractivity contribution is 0.203. The van der Waals surface area contributed by atoms with E-state index in [1.165, 1.54) is 0 Å². The summed E-state index contributed by atoms with van der Waals surface area (Å²) in [7, 11) is 1.61. The first kappa shape index (κ1) is 21.0. The van der Waals surface area contributed by atoms with Crippen LogP contribution < -0.4 is 10.3 Å². The van der Waals surface area contributed by atoms with Crippen molar-refractivity contribution in [3.63, 3.8) is 0 Å². The standard InChI is InChI=1S/C24H26ClN5O2/c1-15-11-20-21(13-18(15)25)28-24(27-20)16-5-7-29(8-6-16)9-10-30-22-12-17(32-2)14-26-19(22)3-4-23(30)31/h3-4,11-14,16H,5-10H2,1-2H3,(H,27,28). The number of nitrogens with one attached hydrogen (secondary N) is 1. The molecule has 4 aromatic rings. The summed E-state index contributed by atoms with van der Waals surface area (Å²) in [5.74, 6) is 2.11. The number of ether oxygens (including phenoxy) is 1. The SMILES string of the molecule is COc1cnc2ccc(=O)n(CCN3CCC(c4nc5cc(Cl)c(C)cc5[nH]4)CC3)c2c1. The van der Waals surface area contributed by atoms with Crippen molar-refractivity contribution in [3.8, 4) is 5.75 Å². The number of likely N-dealkylation sites (tertiary alicyclic amines) is 1. The molecule has 1 saturated heterocycles. The predicted octanol–water partition coefficient (Wildman–Crippen LogP) is 4.12. The Morgan fingerprint density at radius 3 is 2.75 bits per heavy atom. The molecule has 1 fully saturated rings. The molecule has 8 heteroatoms. The number of hydrogen-bond donors (Lipinski definition) is 1. The first-order chi connectivity index (χ1) is 15.5. The van der Waals surface area contributed by atoms with Crippen molar-refractivity contribution in [2.24, 2.45) is 0 Å². The minimum absolute atomic E-state index is 0.0151. The number of nitrogens with zero attached hydrogens (tertiary/aromatic N) is 4. The van der Waals surface area contributed by atoms with Gasteiger partial charge < -0.3 is 19.2 Å². The van der Waals surface area contributed by atoms with E-state index in [9.17, 15) is 4.79 Å². The van der Waals surface area contributed by atoms with Crippen molar-refractivity contribution in [3.05, 3.63) is 63.3 Å². The van der Waals surface area contributed by atoms with Crippen LogP contribution >= 0.6 is 11.6 Å². The lowest BCUT2D eigenvalue weighted by Gasteiger charge is -2.31. The molecular weight excluding hydrogens is 426 g/mol. The molecule has 0 aliphatic carbocycles. The summed E-state index contributed by atoms with van der Waals surface area (Å²) in [6, 6.07) is 9.23. The van der Waals surface area contributed by atoms with E-state index in [2.05, 4.69) is 20.9 Å². The third kappa shape index (κ3) is 3.98. The van der Waals surface area contributed by atoms with Crippen molar-refractivity contribution >= 4 is 33.7 Å². The zero-order valence-electron chi connectivity index (χ0n) is 18.3. The first-order valence-electron chi connectivity index (χ1n) is 10.9. The topological polar surface area (TPSA) is 76.0 Å². The van der Waals surface area contributed by atoms with E-state index >= 15 is 0 Å². The number of methoxy groups -OCH3 is 1. The van der Waals surface area contributed by atoms with Gasteiger partial charge in [-0.3, -0.25) is 9.78 Å².